The zero-order chi connectivity index (χ0) is 33.9. The van der Waals surface area contributed by atoms with Crippen molar-refractivity contribution in [3.8, 4) is 28.6 Å². The van der Waals surface area contributed by atoms with Gasteiger partial charge in [-0.1, -0.05) is 62.9 Å². The van der Waals surface area contributed by atoms with Crippen LogP contribution in [0.25, 0.3) is 17.1 Å². The minimum Gasteiger partial charge on any atom is -0.497 e. The van der Waals surface area contributed by atoms with Crippen LogP contribution in [0.5, 0.6) is 11.5 Å². The third kappa shape index (κ3) is 7.88. The number of thioether (sulfide) groups is 1. The quantitative estimate of drug-likeness (QED) is 0.177. The second-order valence-electron chi connectivity index (χ2n) is 10.9. The van der Waals surface area contributed by atoms with Crippen molar-refractivity contribution in [1.29, 1.82) is 0 Å². The highest BCUT2D eigenvalue weighted by Gasteiger charge is 2.33. The van der Waals surface area contributed by atoms with Crippen molar-refractivity contribution in [3.63, 3.8) is 0 Å². The number of benzene rings is 3. The normalized spacial score (nSPS) is 15.4. The van der Waals surface area contributed by atoms with Crippen molar-refractivity contribution in [2.75, 3.05) is 17.8 Å². The monoisotopic (exact) mass is 664 g/mol. The molecule has 3 aromatic carbocycles. The Morgan fingerprint density at radius 1 is 1.00 bits per heavy atom. The van der Waals surface area contributed by atoms with Crippen LogP contribution in [0.3, 0.4) is 0 Å². The molecule has 47 heavy (non-hydrogen) atoms. The predicted octanol–water partition coefficient (Wildman–Crippen LogP) is 7.79. The van der Waals surface area contributed by atoms with E-state index in [1.807, 2.05) is 57.2 Å². The number of carbonyl (C=O) groups excluding carboxylic acids is 2. The first-order valence-electron chi connectivity index (χ1n) is 14.5. The standard InChI is InChI=1S/C33H31F3N6O4S/c1-19(2)27-15-14-26(45-5)16-28(27)42-29(43)17-47-32(42)39-31(44)38-21(4)20(3)22-6-8-23(9-7-22)30-37-18-41(40-30)24-10-12-25(13-11-24)46-33(34,35)36/h6-16,18-20H,17H2,1-5H3. The summed E-state index contributed by atoms with van der Waals surface area (Å²) in [5.41, 5.74) is 4.21. The second-order valence-corrected chi connectivity index (χ2v) is 11.9. The molecule has 244 valence electrons. The molecule has 1 aliphatic heterocycles. The largest absolute Gasteiger partial charge is 0.573 e. The van der Waals surface area contributed by atoms with Crippen LogP contribution in [0.2, 0.25) is 0 Å². The van der Waals surface area contributed by atoms with E-state index < -0.39 is 12.4 Å². The third-order valence-corrected chi connectivity index (χ3v) is 8.37. The second kappa shape index (κ2) is 13.8. The fraction of sp³-hybridized carbons (Fsp3) is 0.273. The molecule has 3 amide bonds. The lowest BCUT2D eigenvalue weighted by Gasteiger charge is -2.22. The smallest absolute Gasteiger partial charge is 0.497 e. The summed E-state index contributed by atoms with van der Waals surface area (Å²) in [5, 5.41) is 4.70. The maximum atomic E-state index is 13.0. The number of nitrogens with zero attached hydrogens (tertiary/aromatic N) is 6. The molecular weight excluding hydrogens is 633 g/mol. The van der Waals surface area contributed by atoms with Gasteiger partial charge in [0.05, 0.1) is 24.2 Å². The molecule has 0 N–H and O–H groups in total. The first-order valence-corrected chi connectivity index (χ1v) is 15.5. The van der Waals surface area contributed by atoms with Crippen molar-refractivity contribution in [2.45, 2.75) is 45.9 Å². The van der Waals surface area contributed by atoms with Gasteiger partial charge in [0.25, 0.3) is 0 Å². The summed E-state index contributed by atoms with van der Waals surface area (Å²) in [6.07, 6.45) is -3.31. The lowest BCUT2D eigenvalue weighted by molar-refractivity contribution is -0.274. The minimum absolute atomic E-state index is 0.118. The Morgan fingerprint density at radius 2 is 1.68 bits per heavy atom. The Labute approximate surface area is 273 Å². The van der Waals surface area contributed by atoms with Gasteiger partial charge in [-0.05, 0) is 54.3 Å². The van der Waals surface area contributed by atoms with Crippen molar-refractivity contribution < 1.29 is 32.2 Å². The number of hydrogen-bond acceptors (Lipinski definition) is 7. The number of aliphatic imine (C=N–C) groups is 2. The lowest BCUT2D eigenvalue weighted by Crippen LogP contribution is -2.31. The van der Waals surface area contributed by atoms with Crippen molar-refractivity contribution in [2.24, 2.45) is 9.98 Å². The molecule has 1 unspecified atom stereocenters. The van der Waals surface area contributed by atoms with Crippen LogP contribution in [0.15, 0.2) is 83.0 Å². The summed E-state index contributed by atoms with van der Waals surface area (Å²) in [6, 6.07) is 17.5. The maximum Gasteiger partial charge on any atom is 0.573 e. The molecule has 0 aliphatic carbocycles. The number of alkyl halides is 3. The number of amides is 3. The molecule has 4 aromatic rings. The SMILES string of the molecule is COc1ccc(C(C)C)c(N2C(=O)CSC2=NC(=O)N=C(C)C(C)c2ccc(-c3ncn(-c4ccc(OC(F)(F)F)cc4)n3)cc2)c1. The number of urea groups is 1. The minimum atomic E-state index is -4.77. The molecule has 0 saturated carbocycles. The number of ether oxygens (including phenoxy) is 2. The summed E-state index contributed by atoms with van der Waals surface area (Å²) in [7, 11) is 1.55. The average Bonchev–Trinajstić information content (AvgIpc) is 3.67. The molecule has 0 spiro atoms. The van der Waals surface area contributed by atoms with Crippen LogP contribution < -0.4 is 14.4 Å². The van der Waals surface area contributed by atoms with Crippen LogP contribution in [0.4, 0.5) is 23.7 Å². The van der Waals surface area contributed by atoms with E-state index in [2.05, 4.69) is 24.8 Å². The van der Waals surface area contributed by atoms with Gasteiger partial charge in [-0.15, -0.1) is 18.3 Å². The molecule has 10 nitrogen and oxygen atoms in total. The zero-order valence-corrected chi connectivity index (χ0v) is 27.0. The van der Waals surface area contributed by atoms with E-state index in [-0.39, 0.29) is 34.4 Å². The van der Waals surface area contributed by atoms with Gasteiger partial charge in [0.1, 0.15) is 17.8 Å². The van der Waals surface area contributed by atoms with Crippen molar-refractivity contribution in [3.05, 3.63) is 84.2 Å². The lowest BCUT2D eigenvalue weighted by atomic mass is 9.96. The van der Waals surface area contributed by atoms with E-state index >= 15 is 0 Å². The van der Waals surface area contributed by atoms with E-state index in [9.17, 15) is 22.8 Å². The van der Waals surface area contributed by atoms with Gasteiger partial charge in [-0.25, -0.2) is 19.5 Å². The van der Waals surface area contributed by atoms with Gasteiger partial charge in [0, 0.05) is 23.3 Å². The molecule has 0 bridgehead atoms. The summed E-state index contributed by atoms with van der Waals surface area (Å²) >= 11 is 1.19. The molecule has 1 saturated heterocycles. The molecule has 2 heterocycles. The number of halogens is 3. The van der Waals surface area contributed by atoms with Gasteiger partial charge in [-0.3, -0.25) is 9.69 Å². The van der Waals surface area contributed by atoms with Gasteiger partial charge in [0.2, 0.25) is 5.91 Å². The van der Waals surface area contributed by atoms with E-state index in [1.165, 1.54) is 51.9 Å². The Morgan fingerprint density at radius 3 is 2.32 bits per heavy atom. The molecule has 1 atom stereocenters. The first-order chi connectivity index (χ1) is 22.3. The van der Waals surface area contributed by atoms with Gasteiger partial charge in [-0.2, -0.15) is 4.99 Å². The molecular formula is C33H31F3N6O4S. The van der Waals surface area contributed by atoms with Crippen LogP contribution in [-0.2, 0) is 4.79 Å². The molecule has 1 fully saturated rings. The number of carbonyl (C=O) groups is 2. The van der Waals surface area contributed by atoms with E-state index in [1.54, 1.807) is 20.1 Å². The Hall–Kier alpha value is -4.98. The number of aromatic nitrogens is 3. The summed E-state index contributed by atoms with van der Waals surface area (Å²) in [5.74, 6) is 0.541. The highest BCUT2D eigenvalue weighted by Crippen LogP contribution is 2.36. The fourth-order valence-electron chi connectivity index (χ4n) is 4.85. The zero-order valence-electron chi connectivity index (χ0n) is 26.1. The predicted molar refractivity (Wildman–Crippen MR) is 175 cm³/mol. The fourth-order valence-corrected chi connectivity index (χ4v) is 5.70. The van der Waals surface area contributed by atoms with Gasteiger partial charge >= 0.3 is 12.4 Å². The van der Waals surface area contributed by atoms with Crippen molar-refractivity contribution in [1.82, 2.24) is 14.8 Å². The summed E-state index contributed by atoms with van der Waals surface area (Å²) < 4.78 is 48.1. The Balaban J connectivity index is 1.28. The van der Waals surface area contributed by atoms with Crippen LogP contribution >= 0.6 is 11.8 Å². The number of hydrogen-bond donors (Lipinski definition) is 0. The number of methoxy groups -OCH3 is 1. The van der Waals surface area contributed by atoms with Crippen LogP contribution in [0, 0.1) is 0 Å². The molecule has 1 aliphatic rings. The molecule has 0 radical (unpaired) electrons. The number of rotatable bonds is 8. The maximum absolute atomic E-state index is 13.0. The third-order valence-electron chi connectivity index (χ3n) is 7.45. The number of amidine groups is 1. The Bertz CT molecular complexity index is 1840. The highest BCUT2D eigenvalue weighted by molar-refractivity contribution is 8.15. The topological polar surface area (TPSA) is 111 Å². The summed E-state index contributed by atoms with van der Waals surface area (Å²) in [4.78, 5) is 40.1. The first kappa shape index (κ1) is 33.4. The van der Waals surface area contributed by atoms with E-state index in [0.29, 0.717) is 28.7 Å². The highest BCUT2D eigenvalue weighted by atomic mass is 32.2. The molecule has 14 heteroatoms. The molecule has 1 aromatic heterocycles. The van der Waals surface area contributed by atoms with E-state index in [0.717, 1.165) is 16.7 Å². The van der Waals surface area contributed by atoms with Gasteiger partial charge < -0.3 is 9.47 Å². The molecule has 5 rings (SSSR count). The Kier molecular flexibility index (Phi) is 9.80. The number of anilines is 1. The van der Waals surface area contributed by atoms with Crippen LogP contribution in [-0.4, -0.2) is 56.8 Å². The van der Waals surface area contributed by atoms with E-state index in [4.69, 9.17) is 4.74 Å². The van der Waals surface area contributed by atoms with Crippen molar-refractivity contribution >= 4 is 40.3 Å². The average molecular weight is 665 g/mol. The van der Waals surface area contributed by atoms with Crippen LogP contribution in [0.1, 0.15) is 50.7 Å². The van der Waals surface area contributed by atoms with Gasteiger partial charge in [0.15, 0.2) is 11.0 Å². The summed E-state index contributed by atoms with van der Waals surface area (Å²) in [6.45, 7) is 7.70.